The zero-order chi connectivity index (χ0) is 14.7. The van der Waals surface area contributed by atoms with E-state index in [9.17, 15) is 4.79 Å². The van der Waals surface area contributed by atoms with Gasteiger partial charge in [-0.25, -0.2) is 0 Å². The third kappa shape index (κ3) is 2.99. The SMILES string of the molecule is COc1ccc([C@H]2C[C@@H](c3ccccc3)CCC2=O)cc1. The Balaban J connectivity index is 1.81. The van der Waals surface area contributed by atoms with Crippen LogP contribution in [0.2, 0.25) is 0 Å². The van der Waals surface area contributed by atoms with Crippen molar-refractivity contribution in [1.82, 2.24) is 0 Å². The lowest BCUT2D eigenvalue weighted by Crippen LogP contribution is -2.22. The predicted octanol–water partition coefficient (Wildman–Crippen LogP) is 4.32. The highest BCUT2D eigenvalue weighted by Crippen LogP contribution is 2.39. The van der Waals surface area contributed by atoms with Crippen LogP contribution in [-0.2, 0) is 4.79 Å². The van der Waals surface area contributed by atoms with Gasteiger partial charge in [-0.15, -0.1) is 0 Å². The fourth-order valence-corrected chi connectivity index (χ4v) is 3.21. The molecule has 0 aliphatic heterocycles. The Morgan fingerprint density at radius 1 is 0.952 bits per heavy atom. The van der Waals surface area contributed by atoms with Crippen molar-refractivity contribution in [2.45, 2.75) is 31.1 Å². The Kier molecular flexibility index (Phi) is 4.05. The van der Waals surface area contributed by atoms with Crippen LogP contribution in [0.3, 0.4) is 0 Å². The largest absolute Gasteiger partial charge is 0.497 e. The molecule has 1 aliphatic rings. The number of methoxy groups -OCH3 is 1. The van der Waals surface area contributed by atoms with Crippen LogP contribution in [0.1, 0.15) is 42.2 Å². The molecule has 0 N–H and O–H groups in total. The topological polar surface area (TPSA) is 26.3 Å². The standard InChI is InChI=1S/C19H20O2/c1-21-17-10-7-15(8-11-17)18-13-16(9-12-19(18)20)14-5-3-2-4-6-14/h2-8,10-11,16,18H,9,12-13H2,1H3/t16-,18+/m0/s1. The first-order valence-electron chi connectivity index (χ1n) is 7.49. The van der Waals surface area contributed by atoms with Crippen molar-refractivity contribution in [2.75, 3.05) is 7.11 Å². The van der Waals surface area contributed by atoms with Crippen molar-refractivity contribution in [3.8, 4) is 5.75 Å². The van der Waals surface area contributed by atoms with Gasteiger partial charge >= 0.3 is 0 Å². The zero-order valence-corrected chi connectivity index (χ0v) is 12.3. The van der Waals surface area contributed by atoms with E-state index < -0.39 is 0 Å². The molecule has 1 fully saturated rings. The lowest BCUT2D eigenvalue weighted by molar-refractivity contribution is -0.122. The van der Waals surface area contributed by atoms with E-state index in [0.717, 1.165) is 24.2 Å². The molecular formula is C19H20O2. The lowest BCUT2D eigenvalue weighted by Gasteiger charge is -2.28. The lowest BCUT2D eigenvalue weighted by atomic mass is 9.74. The molecule has 1 aliphatic carbocycles. The molecular weight excluding hydrogens is 260 g/mol. The summed E-state index contributed by atoms with van der Waals surface area (Å²) < 4.78 is 5.19. The third-order valence-corrected chi connectivity index (χ3v) is 4.44. The molecule has 21 heavy (non-hydrogen) atoms. The quantitative estimate of drug-likeness (QED) is 0.837. The number of hydrogen-bond donors (Lipinski definition) is 0. The summed E-state index contributed by atoms with van der Waals surface area (Å²) in [6.45, 7) is 0. The maximum atomic E-state index is 12.3. The second kappa shape index (κ2) is 6.13. The molecule has 0 unspecified atom stereocenters. The fraction of sp³-hybridized carbons (Fsp3) is 0.316. The summed E-state index contributed by atoms with van der Waals surface area (Å²) in [6, 6.07) is 18.5. The van der Waals surface area contributed by atoms with E-state index >= 15 is 0 Å². The van der Waals surface area contributed by atoms with Crippen molar-refractivity contribution < 1.29 is 9.53 Å². The molecule has 1 saturated carbocycles. The highest BCUT2D eigenvalue weighted by molar-refractivity contribution is 5.86. The van der Waals surface area contributed by atoms with Gasteiger partial charge in [0.2, 0.25) is 0 Å². The minimum absolute atomic E-state index is 0.0230. The summed E-state index contributed by atoms with van der Waals surface area (Å²) in [6.07, 6.45) is 2.56. The summed E-state index contributed by atoms with van der Waals surface area (Å²) in [5.74, 6) is 1.71. The van der Waals surface area contributed by atoms with Gasteiger partial charge in [0.05, 0.1) is 7.11 Å². The zero-order valence-electron chi connectivity index (χ0n) is 12.3. The molecule has 0 radical (unpaired) electrons. The summed E-state index contributed by atoms with van der Waals surface area (Å²) in [5.41, 5.74) is 2.46. The number of hydrogen-bond acceptors (Lipinski definition) is 2. The second-order valence-corrected chi connectivity index (χ2v) is 5.67. The van der Waals surface area contributed by atoms with Crippen molar-refractivity contribution in [1.29, 1.82) is 0 Å². The first-order chi connectivity index (χ1) is 10.3. The minimum atomic E-state index is 0.0230. The second-order valence-electron chi connectivity index (χ2n) is 5.67. The number of carbonyl (C=O) groups is 1. The minimum Gasteiger partial charge on any atom is -0.497 e. The molecule has 2 nitrogen and oxygen atoms in total. The Morgan fingerprint density at radius 3 is 2.33 bits per heavy atom. The molecule has 2 atom stereocenters. The van der Waals surface area contributed by atoms with E-state index in [1.54, 1.807) is 7.11 Å². The maximum absolute atomic E-state index is 12.3. The van der Waals surface area contributed by atoms with Gasteiger partial charge in [-0.1, -0.05) is 42.5 Å². The van der Waals surface area contributed by atoms with Crippen molar-refractivity contribution >= 4 is 5.78 Å². The number of benzene rings is 2. The molecule has 0 heterocycles. The van der Waals surface area contributed by atoms with Crippen LogP contribution in [-0.4, -0.2) is 12.9 Å². The molecule has 2 aromatic rings. The Bertz CT molecular complexity index is 601. The average Bonchev–Trinajstić information content (AvgIpc) is 2.56. The van der Waals surface area contributed by atoms with Crippen molar-refractivity contribution in [2.24, 2.45) is 0 Å². The van der Waals surface area contributed by atoms with Crippen LogP contribution in [0.25, 0.3) is 0 Å². The normalized spacial score (nSPS) is 22.0. The van der Waals surface area contributed by atoms with E-state index in [4.69, 9.17) is 4.74 Å². The van der Waals surface area contributed by atoms with Crippen LogP contribution < -0.4 is 4.74 Å². The highest BCUT2D eigenvalue weighted by atomic mass is 16.5. The van der Waals surface area contributed by atoms with E-state index in [1.807, 2.05) is 30.3 Å². The molecule has 0 amide bonds. The van der Waals surface area contributed by atoms with Gasteiger partial charge in [-0.05, 0) is 42.0 Å². The van der Waals surface area contributed by atoms with E-state index in [-0.39, 0.29) is 5.92 Å². The maximum Gasteiger partial charge on any atom is 0.140 e. The van der Waals surface area contributed by atoms with Crippen LogP contribution in [0, 0.1) is 0 Å². The summed E-state index contributed by atoms with van der Waals surface area (Å²) in [4.78, 5) is 12.3. The van der Waals surface area contributed by atoms with Crippen molar-refractivity contribution in [3.63, 3.8) is 0 Å². The van der Waals surface area contributed by atoms with Gasteiger partial charge < -0.3 is 4.74 Å². The molecule has 2 aromatic carbocycles. The summed E-state index contributed by atoms with van der Waals surface area (Å²) >= 11 is 0. The average molecular weight is 280 g/mol. The van der Waals surface area contributed by atoms with Crippen molar-refractivity contribution in [3.05, 3.63) is 65.7 Å². The number of ether oxygens (including phenoxy) is 1. The number of rotatable bonds is 3. The number of Topliss-reactive ketones (excluding diaryl/α,β-unsaturated/α-hetero) is 1. The van der Waals surface area contributed by atoms with Crippen LogP contribution in [0.5, 0.6) is 5.75 Å². The molecule has 0 bridgehead atoms. The van der Waals surface area contributed by atoms with E-state index in [0.29, 0.717) is 18.1 Å². The fourth-order valence-electron chi connectivity index (χ4n) is 3.21. The molecule has 0 spiro atoms. The third-order valence-electron chi connectivity index (χ3n) is 4.44. The molecule has 0 saturated heterocycles. The van der Waals surface area contributed by atoms with Gasteiger partial charge in [0, 0.05) is 12.3 Å². The first-order valence-corrected chi connectivity index (χ1v) is 7.49. The molecule has 3 rings (SSSR count). The predicted molar refractivity (Wildman–Crippen MR) is 83.8 cm³/mol. The van der Waals surface area contributed by atoms with Gasteiger partial charge in [0.1, 0.15) is 11.5 Å². The van der Waals surface area contributed by atoms with Crippen LogP contribution >= 0.6 is 0 Å². The van der Waals surface area contributed by atoms with Crippen LogP contribution in [0.15, 0.2) is 54.6 Å². The molecule has 0 aromatic heterocycles. The van der Waals surface area contributed by atoms with Gasteiger partial charge in [0.15, 0.2) is 0 Å². The monoisotopic (exact) mass is 280 g/mol. The highest BCUT2D eigenvalue weighted by Gasteiger charge is 2.30. The van der Waals surface area contributed by atoms with E-state index in [1.165, 1.54) is 5.56 Å². The Hall–Kier alpha value is -2.09. The Labute approximate surface area is 125 Å². The molecule has 108 valence electrons. The van der Waals surface area contributed by atoms with Gasteiger partial charge in [-0.3, -0.25) is 4.79 Å². The number of ketones is 1. The first kappa shape index (κ1) is 13.9. The van der Waals surface area contributed by atoms with E-state index in [2.05, 4.69) is 24.3 Å². The summed E-state index contributed by atoms with van der Waals surface area (Å²) in [5, 5.41) is 0. The van der Waals surface area contributed by atoms with Gasteiger partial charge in [0.25, 0.3) is 0 Å². The Morgan fingerprint density at radius 2 is 1.67 bits per heavy atom. The van der Waals surface area contributed by atoms with Gasteiger partial charge in [-0.2, -0.15) is 0 Å². The number of carbonyl (C=O) groups excluding carboxylic acids is 1. The molecule has 2 heteroatoms. The smallest absolute Gasteiger partial charge is 0.140 e. The van der Waals surface area contributed by atoms with Crippen LogP contribution in [0.4, 0.5) is 0 Å². The summed E-state index contributed by atoms with van der Waals surface area (Å²) in [7, 11) is 1.66.